The molecule has 2 N–H and O–H groups in total. The summed E-state index contributed by atoms with van der Waals surface area (Å²) >= 11 is 5.97. The minimum Gasteiger partial charge on any atom is -0.316 e. The third kappa shape index (κ3) is 4.02. The van der Waals surface area contributed by atoms with Crippen molar-refractivity contribution in [1.29, 1.82) is 0 Å². The van der Waals surface area contributed by atoms with Gasteiger partial charge >= 0.3 is 0 Å². The number of nitrogens with one attached hydrogen (secondary N) is 1. The number of ketones is 1. The van der Waals surface area contributed by atoms with Gasteiger partial charge in [0.1, 0.15) is 5.78 Å². The highest BCUT2D eigenvalue weighted by Crippen LogP contribution is 2.64. The number of rotatable bonds is 2. The molecule has 2 aliphatic carbocycles. The van der Waals surface area contributed by atoms with Crippen molar-refractivity contribution in [3.05, 3.63) is 34.3 Å². The van der Waals surface area contributed by atoms with Crippen LogP contribution in [-0.2, 0) is 21.3 Å². The summed E-state index contributed by atoms with van der Waals surface area (Å²) in [6.45, 7) is 8.28. The Labute approximate surface area is 173 Å². The third-order valence-electron chi connectivity index (χ3n) is 7.23. The number of fused-ring (bicyclic) bond motifs is 3. The lowest BCUT2D eigenvalue weighted by Gasteiger charge is -2.35. The Hall–Kier alpha value is -0.950. The molecule has 1 aliphatic heterocycles. The number of carbonyl (C=O) groups is 1. The number of hydrogen-bond donors (Lipinski definition) is 2. The minimum absolute atomic E-state index is 0.0152. The molecule has 28 heavy (non-hydrogen) atoms. The Bertz CT molecular complexity index is 867. The van der Waals surface area contributed by atoms with Crippen molar-refractivity contribution in [1.82, 2.24) is 5.32 Å². The number of Topliss-reactive ketones (excluding diaryl/α,β-unsaturated/α-hetero) is 1. The van der Waals surface area contributed by atoms with Gasteiger partial charge in [-0.25, -0.2) is 0 Å². The monoisotopic (exact) mass is 427 g/mol. The number of hydrogen-bond acceptors (Lipinski definition) is 4. The van der Waals surface area contributed by atoms with Crippen molar-refractivity contribution >= 4 is 27.5 Å². The fourth-order valence-corrected chi connectivity index (χ4v) is 6.80. The van der Waals surface area contributed by atoms with Gasteiger partial charge in [-0.05, 0) is 66.3 Å². The van der Waals surface area contributed by atoms with E-state index in [1.165, 1.54) is 11.1 Å². The molecule has 1 heterocycles. The summed E-state index contributed by atoms with van der Waals surface area (Å²) in [4.78, 5) is 11.9. The molecule has 0 amide bonds. The van der Waals surface area contributed by atoms with Crippen LogP contribution >= 0.6 is 11.6 Å². The van der Waals surface area contributed by atoms with E-state index in [4.69, 9.17) is 16.2 Å². The molecule has 0 unspecified atom stereocenters. The van der Waals surface area contributed by atoms with Crippen molar-refractivity contribution in [2.75, 3.05) is 18.8 Å². The highest BCUT2D eigenvalue weighted by atomic mass is 35.5. The molecule has 2 fully saturated rings. The van der Waals surface area contributed by atoms with Gasteiger partial charge in [-0.15, -0.1) is 0 Å². The van der Waals surface area contributed by atoms with Crippen molar-refractivity contribution in [3.8, 4) is 0 Å². The largest absolute Gasteiger partial charge is 0.316 e. The van der Waals surface area contributed by atoms with Crippen molar-refractivity contribution in [3.63, 3.8) is 0 Å². The smallest absolute Gasteiger partial charge is 0.265 e. The quantitative estimate of drug-likeness (QED) is 0.700. The standard InChI is InChI=1S/C11H14ClN.C10H16O4S/c1-8-7-13-5-4-9-2-3-10(12)6-11(8)9;1-9(2)7-3-4-10(9,8(11)5-7)6-15(12,13)14/h2-3,6,8,13H,4-5,7H2,1H3;7H,3-6H2,1-2H3,(H,12,13,14)/t8-;7-,10-/m00/s1. The number of carbonyl (C=O) groups excluding carboxylic acids is 1. The molecule has 7 heteroatoms. The first kappa shape index (κ1) is 21.8. The van der Waals surface area contributed by atoms with E-state index >= 15 is 0 Å². The second-order valence-corrected chi connectivity index (χ2v) is 11.0. The molecule has 0 saturated heterocycles. The molecule has 1 aromatic carbocycles. The first-order chi connectivity index (χ1) is 13.0. The topological polar surface area (TPSA) is 83.5 Å². The van der Waals surface area contributed by atoms with E-state index in [1.54, 1.807) is 0 Å². The Morgan fingerprint density at radius 3 is 2.61 bits per heavy atom. The summed E-state index contributed by atoms with van der Waals surface area (Å²) in [5.74, 6) is 0.479. The van der Waals surface area contributed by atoms with Crippen LogP contribution in [0.5, 0.6) is 0 Å². The zero-order valence-corrected chi connectivity index (χ0v) is 18.4. The maximum atomic E-state index is 11.9. The van der Waals surface area contributed by atoms with E-state index in [0.717, 1.165) is 31.0 Å². The number of halogens is 1. The maximum Gasteiger partial charge on any atom is 0.265 e. The van der Waals surface area contributed by atoms with Crippen molar-refractivity contribution < 1.29 is 17.8 Å². The van der Waals surface area contributed by atoms with E-state index < -0.39 is 21.3 Å². The zero-order valence-electron chi connectivity index (χ0n) is 16.8. The van der Waals surface area contributed by atoms with Crippen LogP contribution in [0.1, 0.15) is 57.1 Å². The average molecular weight is 428 g/mol. The molecule has 156 valence electrons. The molecule has 0 spiro atoms. The summed E-state index contributed by atoms with van der Waals surface area (Å²) in [5.41, 5.74) is 1.74. The van der Waals surface area contributed by atoms with Crippen LogP contribution in [0.2, 0.25) is 5.02 Å². The van der Waals surface area contributed by atoms with Gasteiger partial charge in [0.25, 0.3) is 10.1 Å². The lowest BCUT2D eigenvalue weighted by atomic mass is 9.70. The second-order valence-electron chi connectivity index (χ2n) is 9.09. The van der Waals surface area contributed by atoms with Gasteiger partial charge in [0.05, 0.1) is 11.2 Å². The Morgan fingerprint density at radius 1 is 1.32 bits per heavy atom. The van der Waals surface area contributed by atoms with Gasteiger partial charge in [0.15, 0.2) is 0 Å². The fraction of sp³-hybridized carbons (Fsp3) is 0.667. The first-order valence-electron chi connectivity index (χ1n) is 9.94. The van der Waals surface area contributed by atoms with Crippen molar-refractivity contribution in [2.45, 2.75) is 52.4 Å². The molecule has 3 aliphatic rings. The number of benzene rings is 1. The summed E-state index contributed by atoms with van der Waals surface area (Å²) in [5, 5.41) is 4.27. The van der Waals surface area contributed by atoms with Crippen LogP contribution in [0.25, 0.3) is 0 Å². The predicted molar refractivity (Wildman–Crippen MR) is 111 cm³/mol. The Balaban J connectivity index is 0.000000162. The fourth-order valence-electron chi connectivity index (χ4n) is 5.32. The molecule has 2 bridgehead atoms. The summed E-state index contributed by atoms with van der Waals surface area (Å²) < 4.78 is 31.0. The van der Waals surface area contributed by atoms with E-state index in [-0.39, 0.29) is 17.1 Å². The molecule has 0 aromatic heterocycles. The Morgan fingerprint density at radius 2 is 2.04 bits per heavy atom. The zero-order chi connectivity index (χ0) is 20.7. The van der Waals surface area contributed by atoms with E-state index in [0.29, 0.717) is 18.8 Å². The van der Waals surface area contributed by atoms with Crippen LogP contribution in [0, 0.1) is 16.7 Å². The maximum absolute atomic E-state index is 11.9. The molecule has 3 atom stereocenters. The first-order valence-corrected chi connectivity index (χ1v) is 11.9. The second kappa shape index (κ2) is 7.71. The van der Waals surface area contributed by atoms with Crippen LogP contribution < -0.4 is 5.32 Å². The van der Waals surface area contributed by atoms with E-state index in [2.05, 4.69) is 24.4 Å². The lowest BCUT2D eigenvalue weighted by molar-refractivity contribution is -0.128. The SMILES string of the molecule is CC1(C)[C@H]2CC[C@]1(CS(=O)(=O)O)C(=O)C2.C[C@H]1CNCCc2ccc(Cl)cc21. The molecule has 4 rings (SSSR count). The average Bonchev–Trinajstić information content (AvgIpc) is 2.82. The summed E-state index contributed by atoms with van der Waals surface area (Å²) in [6.07, 6.45) is 3.09. The molecule has 1 aromatic rings. The van der Waals surface area contributed by atoms with Gasteiger partial charge < -0.3 is 5.32 Å². The summed E-state index contributed by atoms with van der Waals surface area (Å²) in [7, 11) is -4.08. The van der Waals surface area contributed by atoms with Crippen LogP contribution in [-0.4, -0.2) is 37.6 Å². The van der Waals surface area contributed by atoms with Crippen LogP contribution in [0.15, 0.2) is 18.2 Å². The lowest BCUT2D eigenvalue weighted by Crippen LogP contribution is -2.42. The van der Waals surface area contributed by atoms with Gasteiger partial charge in [-0.1, -0.05) is 38.4 Å². The Kier molecular flexibility index (Phi) is 5.99. The normalized spacial score (nSPS) is 31.0. The highest BCUT2D eigenvalue weighted by Gasteiger charge is 2.65. The van der Waals surface area contributed by atoms with Gasteiger partial charge in [0.2, 0.25) is 0 Å². The van der Waals surface area contributed by atoms with E-state index in [9.17, 15) is 13.2 Å². The van der Waals surface area contributed by atoms with Gasteiger partial charge in [0, 0.05) is 18.0 Å². The molecule has 2 saturated carbocycles. The summed E-state index contributed by atoms with van der Waals surface area (Å²) in [6, 6.07) is 6.24. The minimum atomic E-state index is -4.08. The molecule has 5 nitrogen and oxygen atoms in total. The molecule has 0 radical (unpaired) electrons. The van der Waals surface area contributed by atoms with Gasteiger partial charge in [-0.3, -0.25) is 9.35 Å². The molecular weight excluding hydrogens is 398 g/mol. The van der Waals surface area contributed by atoms with Crippen molar-refractivity contribution in [2.24, 2.45) is 16.7 Å². The molecular formula is C21H30ClNO4S. The highest BCUT2D eigenvalue weighted by molar-refractivity contribution is 7.85. The third-order valence-corrected chi connectivity index (χ3v) is 8.32. The van der Waals surface area contributed by atoms with Crippen LogP contribution in [0.3, 0.4) is 0 Å². The van der Waals surface area contributed by atoms with Gasteiger partial charge in [-0.2, -0.15) is 8.42 Å². The van der Waals surface area contributed by atoms with E-state index in [1.807, 2.05) is 19.9 Å². The predicted octanol–water partition coefficient (Wildman–Crippen LogP) is 3.86. The van der Waals surface area contributed by atoms with Crippen LogP contribution in [0.4, 0.5) is 0 Å².